The maximum Gasteiger partial charge on any atom is 0.119 e. The van der Waals surface area contributed by atoms with Gasteiger partial charge in [-0.2, -0.15) is 0 Å². The van der Waals surface area contributed by atoms with Gasteiger partial charge in [0, 0.05) is 17.6 Å². The van der Waals surface area contributed by atoms with Gasteiger partial charge in [0.15, 0.2) is 0 Å². The molecule has 1 aromatic carbocycles. The van der Waals surface area contributed by atoms with Gasteiger partial charge in [-0.1, -0.05) is 18.5 Å². The molecule has 0 unspecified atom stereocenters. The highest BCUT2D eigenvalue weighted by Gasteiger charge is 2.06. The molecular formula is C15H24ClNO3. The molecule has 0 saturated carbocycles. The molecule has 0 aromatic heterocycles. The topological polar surface area (TPSA) is 50.7 Å². The van der Waals surface area contributed by atoms with E-state index in [9.17, 15) is 5.11 Å². The van der Waals surface area contributed by atoms with Crippen LogP contribution in [0.5, 0.6) is 5.75 Å². The zero-order valence-corrected chi connectivity index (χ0v) is 12.9. The first kappa shape index (κ1) is 17.2. The van der Waals surface area contributed by atoms with Gasteiger partial charge in [0.25, 0.3) is 0 Å². The van der Waals surface area contributed by atoms with Gasteiger partial charge >= 0.3 is 0 Å². The lowest BCUT2D eigenvalue weighted by atomic mass is 10.2. The maximum atomic E-state index is 9.70. The summed E-state index contributed by atoms with van der Waals surface area (Å²) in [6.07, 6.45) is 0.558. The number of rotatable bonds is 10. The molecule has 2 N–H and O–H groups in total. The summed E-state index contributed by atoms with van der Waals surface area (Å²) in [5, 5.41) is 13.6. The molecule has 0 heterocycles. The van der Waals surface area contributed by atoms with Gasteiger partial charge in [-0.25, -0.2) is 0 Å². The lowest BCUT2D eigenvalue weighted by Gasteiger charge is -2.16. The van der Waals surface area contributed by atoms with Crippen molar-refractivity contribution in [3.05, 3.63) is 29.3 Å². The summed E-state index contributed by atoms with van der Waals surface area (Å²) in [6.45, 7) is 5.96. The number of hydrogen-bond acceptors (Lipinski definition) is 4. The molecule has 0 amide bonds. The predicted octanol–water partition coefficient (Wildman–Crippen LogP) is 2.48. The van der Waals surface area contributed by atoms with Gasteiger partial charge in [-0.15, -0.1) is 0 Å². The average Bonchev–Trinajstić information content (AvgIpc) is 2.46. The van der Waals surface area contributed by atoms with Crippen LogP contribution in [0, 0.1) is 0 Å². The number of hydrogen-bond donors (Lipinski definition) is 2. The highest BCUT2D eigenvalue weighted by molar-refractivity contribution is 6.30. The Morgan fingerprint density at radius 3 is 2.60 bits per heavy atom. The average molecular weight is 302 g/mol. The maximum absolute atomic E-state index is 9.70. The molecule has 0 fully saturated rings. The Balaban J connectivity index is 2.02. The van der Waals surface area contributed by atoms with Crippen LogP contribution in [0.25, 0.3) is 0 Å². The van der Waals surface area contributed by atoms with Gasteiger partial charge in [0.1, 0.15) is 12.4 Å². The SMILES string of the molecule is CC[C@H](C)NC[C@@H](O)COCCOc1ccc(Cl)cc1. The molecule has 2 atom stereocenters. The predicted molar refractivity (Wildman–Crippen MR) is 81.5 cm³/mol. The van der Waals surface area contributed by atoms with Gasteiger partial charge in [0.2, 0.25) is 0 Å². The van der Waals surface area contributed by atoms with Crippen molar-refractivity contribution in [2.24, 2.45) is 0 Å². The normalized spacial score (nSPS) is 14.0. The molecule has 0 radical (unpaired) electrons. The van der Waals surface area contributed by atoms with Crippen LogP contribution in [0.4, 0.5) is 0 Å². The minimum atomic E-state index is -0.487. The molecule has 0 aliphatic rings. The smallest absolute Gasteiger partial charge is 0.119 e. The van der Waals surface area contributed by atoms with Crippen LogP contribution in [0.1, 0.15) is 20.3 Å². The van der Waals surface area contributed by atoms with Crippen LogP contribution < -0.4 is 10.1 Å². The number of halogens is 1. The second-order valence-electron chi connectivity index (χ2n) is 4.75. The molecule has 0 aliphatic heterocycles. The Bertz CT molecular complexity index is 359. The first-order chi connectivity index (χ1) is 9.61. The fourth-order valence-electron chi connectivity index (χ4n) is 1.51. The third kappa shape index (κ3) is 7.70. The number of benzene rings is 1. The van der Waals surface area contributed by atoms with Crippen molar-refractivity contribution in [1.29, 1.82) is 0 Å². The number of nitrogens with one attached hydrogen (secondary N) is 1. The molecule has 0 saturated heterocycles. The monoisotopic (exact) mass is 301 g/mol. The summed E-state index contributed by atoms with van der Waals surface area (Å²) < 4.78 is 10.8. The Kier molecular flexibility index (Phi) is 8.62. The van der Waals surface area contributed by atoms with Crippen LogP contribution in [-0.2, 0) is 4.74 Å². The van der Waals surface area contributed by atoms with E-state index in [2.05, 4.69) is 19.2 Å². The Hall–Kier alpha value is -0.810. The first-order valence-corrected chi connectivity index (χ1v) is 7.37. The third-order valence-electron chi connectivity index (χ3n) is 2.93. The minimum absolute atomic E-state index is 0.313. The quantitative estimate of drug-likeness (QED) is 0.652. The molecule has 20 heavy (non-hydrogen) atoms. The van der Waals surface area contributed by atoms with Crippen molar-refractivity contribution >= 4 is 11.6 Å². The summed E-state index contributed by atoms with van der Waals surface area (Å²) in [4.78, 5) is 0. The molecule has 5 heteroatoms. The zero-order chi connectivity index (χ0) is 14.8. The minimum Gasteiger partial charge on any atom is -0.491 e. The van der Waals surface area contributed by atoms with Crippen molar-refractivity contribution in [2.45, 2.75) is 32.4 Å². The summed E-state index contributed by atoms with van der Waals surface area (Å²) in [5.41, 5.74) is 0. The largest absolute Gasteiger partial charge is 0.491 e. The van der Waals surface area contributed by atoms with E-state index >= 15 is 0 Å². The second kappa shape index (κ2) is 10.00. The van der Waals surface area contributed by atoms with Crippen LogP contribution in [0.2, 0.25) is 5.02 Å². The van der Waals surface area contributed by atoms with Crippen molar-refractivity contribution < 1.29 is 14.6 Å². The Labute approximate surface area is 126 Å². The third-order valence-corrected chi connectivity index (χ3v) is 3.19. The van der Waals surface area contributed by atoms with Crippen LogP contribution in [0.3, 0.4) is 0 Å². The van der Waals surface area contributed by atoms with E-state index in [-0.39, 0.29) is 0 Å². The molecular weight excluding hydrogens is 278 g/mol. The van der Waals surface area contributed by atoms with E-state index in [4.69, 9.17) is 21.1 Å². The fraction of sp³-hybridized carbons (Fsp3) is 0.600. The highest BCUT2D eigenvalue weighted by atomic mass is 35.5. The number of aliphatic hydroxyl groups is 1. The fourth-order valence-corrected chi connectivity index (χ4v) is 1.64. The van der Waals surface area contributed by atoms with E-state index in [1.165, 1.54) is 0 Å². The first-order valence-electron chi connectivity index (χ1n) is 6.99. The van der Waals surface area contributed by atoms with E-state index in [1.807, 2.05) is 12.1 Å². The number of ether oxygens (including phenoxy) is 2. The number of aliphatic hydroxyl groups excluding tert-OH is 1. The van der Waals surface area contributed by atoms with E-state index in [1.54, 1.807) is 12.1 Å². The molecule has 114 valence electrons. The van der Waals surface area contributed by atoms with E-state index in [0.29, 0.717) is 37.4 Å². The molecule has 1 rings (SSSR count). The summed E-state index contributed by atoms with van der Waals surface area (Å²) in [5.74, 6) is 0.761. The Morgan fingerprint density at radius 2 is 1.95 bits per heavy atom. The summed E-state index contributed by atoms with van der Waals surface area (Å²) in [7, 11) is 0. The summed E-state index contributed by atoms with van der Waals surface area (Å²) >= 11 is 5.78. The van der Waals surface area contributed by atoms with Crippen molar-refractivity contribution in [3.8, 4) is 5.75 Å². The van der Waals surface area contributed by atoms with Gasteiger partial charge in [-0.3, -0.25) is 0 Å². The Morgan fingerprint density at radius 1 is 1.25 bits per heavy atom. The second-order valence-corrected chi connectivity index (χ2v) is 5.19. The van der Waals surface area contributed by atoms with Gasteiger partial charge in [-0.05, 0) is 37.6 Å². The molecule has 0 bridgehead atoms. The standard InChI is InChI=1S/C15H24ClNO3/c1-3-12(2)17-10-14(18)11-19-8-9-20-15-6-4-13(16)5-7-15/h4-7,12,14,17-18H,3,8-11H2,1-2H3/t12-,14+/m0/s1. The van der Waals surface area contributed by atoms with Crippen molar-refractivity contribution in [3.63, 3.8) is 0 Å². The van der Waals surface area contributed by atoms with Gasteiger partial charge in [0.05, 0.1) is 19.3 Å². The van der Waals surface area contributed by atoms with Crippen LogP contribution in [0.15, 0.2) is 24.3 Å². The van der Waals surface area contributed by atoms with E-state index < -0.39 is 6.10 Å². The highest BCUT2D eigenvalue weighted by Crippen LogP contribution is 2.15. The van der Waals surface area contributed by atoms with Crippen LogP contribution in [-0.4, -0.2) is 43.6 Å². The van der Waals surface area contributed by atoms with E-state index in [0.717, 1.165) is 12.2 Å². The van der Waals surface area contributed by atoms with Crippen molar-refractivity contribution in [2.75, 3.05) is 26.4 Å². The van der Waals surface area contributed by atoms with Crippen LogP contribution >= 0.6 is 11.6 Å². The lowest BCUT2D eigenvalue weighted by Crippen LogP contribution is -2.35. The van der Waals surface area contributed by atoms with Crippen molar-refractivity contribution in [1.82, 2.24) is 5.32 Å². The molecule has 0 aliphatic carbocycles. The zero-order valence-electron chi connectivity index (χ0n) is 12.1. The lowest BCUT2D eigenvalue weighted by molar-refractivity contribution is 0.0241. The molecule has 1 aromatic rings. The van der Waals surface area contributed by atoms with Gasteiger partial charge < -0.3 is 19.9 Å². The summed E-state index contributed by atoms with van der Waals surface area (Å²) in [6, 6.07) is 7.60. The molecule has 0 spiro atoms. The molecule has 4 nitrogen and oxygen atoms in total.